The first-order valence-corrected chi connectivity index (χ1v) is 6.78. The second-order valence-corrected chi connectivity index (χ2v) is 4.74. The first kappa shape index (κ1) is 16.4. The minimum Gasteiger partial charge on any atom is -0.383 e. The van der Waals surface area contributed by atoms with Crippen LogP contribution in [0.5, 0.6) is 0 Å². The van der Waals surface area contributed by atoms with Gasteiger partial charge in [-0.05, 0) is 29.9 Å². The quantitative estimate of drug-likeness (QED) is 0.606. The van der Waals surface area contributed by atoms with Crippen LogP contribution in [0.3, 0.4) is 0 Å². The Balaban J connectivity index is 2.51. The lowest BCUT2D eigenvalue weighted by Gasteiger charge is -2.21. The van der Waals surface area contributed by atoms with Gasteiger partial charge in [0.15, 0.2) is 5.11 Å². The van der Waals surface area contributed by atoms with E-state index in [9.17, 15) is 4.79 Å². The van der Waals surface area contributed by atoms with Gasteiger partial charge in [-0.1, -0.05) is 12.1 Å². The van der Waals surface area contributed by atoms with Gasteiger partial charge in [-0.3, -0.25) is 4.79 Å². The third-order valence-corrected chi connectivity index (χ3v) is 3.25. The van der Waals surface area contributed by atoms with Crippen molar-refractivity contribution in [2.45, 2.75) is 6.54 Å². The van der Waals surface area contributed by atoms with Crippen molar-refractivity contribution in [3.05, 3.63) is 35.4 Å². The summed E-state index contributed by atoms with van der Waals surface area (Å²) in [5.41, 5.74) is 1.75. The first-order valence-electron chi connectivity index (χ1n) is 6.37. The standard InChI is InChI=1S/C14H21N3O2S/c1-15-13(18)12-6-4-11(5-7-12)10-17(2)14(20)16-8-9-19-3/h4-7H,8-10H2,1-3H3,(H,15,18)(H,16,20). The Kier molecular flexibility index (Phi) is 6.97. The fourth-order valence-electron chi connectivity index (χ4n) is 1.65. The number of thiocarbonyl (C=S) groups is 1. The van der Waals surface area contributed by atoms with Crippen LogP contribution < -0.4 is 10.6 Å². The highest BCUT2D eigenvalue weighted by Gasteiger charge is 2.06. The fourth-order valence-corrected chi connectivity index (χ4v) is 1.81. The monoisotopic (exact) mass is 295 g/mol. The third kappa shape index (κ3) is 5.14. The molecule has 1 aromatic rings. The second-order valence-electron chi connectivity index (χ2n) is 4.36. The van der Waals surface area contributed by atoms with Crippen LogP contribution in [0.25, 0.3) is 0 Å². The topological polar surface area (TPSA) is 53.6 Å². The summed E-state index contributed by atoms with van der Waals surface area (Å²) in [4.78, 5) is 13.4. The summed E-state index contributed by atoms with van der Waals surface area (Å²) in [6.45, 7) is 2.00. The summed E-state index contributed by atoms with van der Waals surface area (Å²) in [5.74, 6) is -0.0818. The highest BCUT2D eigenvalue weighted by atomic mass is 32.1. The molecule has 1 amide bonds. The Morgan fingerprint density at radius 1 is 1.35 bits per heavy atom. The number of carbonyl (C=O) groups excluding carboxylic acids is 1. The number of hydrogen-bond donors (Lipinski definition) is 2. The minimum absolute atomic E-state index is 0.0818. The molecule has 20 heavy (non-hydrogen) atoms. The molecule has 1 aromatic carbocycles. The van der Waals surface area contributed by atoms with Crippen LogP contribution in [-0.2, 0) is 11.3 Å². The number of nitrogens with zero attached hydrogens (tertiary/aromatic N) is 1. The van der Waals surface area contributed by atoms with Crippen LogP contribution in [0.2, 0.25) is 0 Å². The number of hydrogen-bond acceptors (Lipinski definition) is 3. The van der Waals surface area contributed by atoms with E-state index >= 15 is 0 Å². The average molecular weight is 295 g/mol. The molecule has 6 heteroatoms. The van der Waals surface area contributed by atoms with Gasteiger partial charge in [0.05, 0.1) is 6.61 Å². The summed E-state index contributed by atoms with van der Waals surface area (Å²) in [6, 6.07) is 7.48. The summed E-state index contributed by atoms with van der Waals surface area (Å²) in [5, 5.41) is 6.39. The van der Waals surface area contributed by atoms with Crippen molar-refractivity contribution in [2.24, 2.45) is 0 Å². The lowest BCUT2D eigenvalue weighted by atomic mass is 10.1. The summed E-state index contributed by atoms with van der Waals surface area (Å²) >= 11 is 5.27. The maximum absolute atomic E-state index is 11.4. The van der Waals surface area contributed by atoms with E-state index in [4.69, 9.17) is 17.0 Å². The molecule has 0 saturated heterocycles. The van der Waals surface area contributed by atoms with Crippen LogP contribution in [0.4, 0.5) is 0 Å². The number of nitrogens with one attached hydrogen (secondary N) is 2. The molecule has 0 unspecified atom stereocenters. The van der Waals surface area contributed by atoms with Crippen molar-refractivity contribution < 1.29 is 9.53 Å². The number of carbonyl (C=O) groups is 1. The predicted molar refractivity (Wildman–Crippen MR) is 83.8 cm³/mol. The summed E-state index contributed by atoms with van der Waals surface area (Å²) in [6.07, 6.45) is 0. The van der Waals surface area contributed by atoms with Crippen molar-refractivity contribution >= 4 is 23.2 Å². The van der Waals surface area contributed by atoms with Crippen LogP contribution in [0, 0.1) is 0 Å². The summed E-state index contributed by atoms with van der Waals surface area (Å²) in [7, 11) is 5.20. The Morgan fingerprint density at radius 3 is 2.55 bits per heavy atom. The van der Waals surface area contributed by atoms with E-state index in [0.29, 0.717) is 30.4 Å². The lowest BCUT2D eigenvalue weighted by molar-refractivity contribution is 0.0963. The molecule has 0 aromatic heterocycles. The zero-order valence-corrected chi connectivity index (χ0v) is 12.9. The van der Waals surface area contributed by atoms with Crippen LogP contribution in [0.1, 0.15) is 15.9 Å². The van der Waals surface area contributed by atoms with Gasteiger partial charge < -0.3 is 20.3 Å². The average Bonchev–Trinajstić information content (AvgIpc) is 2.47. The number of methoxy groups -OCH3 is 1. The Labute approximate surface area is 125 Å². The molecular formula is C14H21N3O2S. The van der Waals surface area contributed by atoms with Crippen molar-refractivity contribution in [3.63, 3.8) is 0 Å². The summed E-state index contributed by atoms with van der Waals surface area (Å²) < 4.78 is 4.96. The predicted octanol–water partition coefficient (Wildman–Crippen LogP) is 0.999. The second kappa shape index (κ2) is 8.50. The van der Waals surface area contributed by atoms with Gasteiger partial charge >= 0.3 is 0 Å². The van der Waals surface area contributed by atoms with Gasteiger partial charge in [-0.25, -0.2) is 0 Å². The molecule has 0 saturated carbocycles. The van der Waals surface area contributed by atoms with E-state index in [1.807, 2.05) is 36.2 Å². The van der Waals surface area contributed by atoms with Crippen LogP contribution in [-0.4, -0.2) is 50.3 Å². The van der Waals surface area contributed by atoms with Gasteiger partial charge in [0.1, 0.15) is 0 Å². The Morgan fingerprint density at radius 2 is 2.00 bits per heavy atom. The molecule has 0 fully saturated rings. The van der Waals surface area contributed by atoms with E-state index in [-0.39, 0.29) is 5.91 Å². The van der Waals surface area contributed by atoms with Gasteiger partial charge in [-0.2, -0.15) is 0 Å². The van der Waals surface area contributed by atoms with Gasteiger partial charge in [0.2, 0.25) is 0 Å². The van der Waals surface area contributed by atoms with E-state index in [1.165, 1.54) is 0 Å². The van der Waals surface area contributed by atoms with Crippen molar-refractivity contribution in [1.29, 1.82) is 0 Å². The molecule has 1 rings (SSSR count). The highest BCUT2D eigenvalue weighted by molar-refractivity contribution is 7.80. The maximum Gasteiger partial charge on any atom is 0.251 e. The van der Waals surface area contributed by atoms with E-state index < -0.39 is 0 Å². The smallest absolute Gasteiger partial charge is 0.251 e. The van der Waals surface area contributed by atoms with Crippen LogP contribution >= 0.6 is 12.2 Å². The molecule has 0 aliphatic rings. The Bertz CT molecular complexity index is 448. The van der Waals surface area contributed by atoms with E-state index in [0.717, 1.165) is 5.56 Å². The number of benzene rings is 1. The minimum atomic E-state index is -0.0818. The molecule has 0 bridgehead atoms. The van der Waals surface area contributed by atoms with Crippen molar-refractivity contribution in [1.82, 2.24) is 15.5 Å². The van der Waals surface area contributed by atoms with Crippen LogP contribution in [0.15, 0.2) is 24.3 Å². The van der Waals surface area contributed by atoms with E-state index in [2.05, 4.69) is 10.6 Å². The van der Waals surface area contributed by atoms with E-state index in [1.54, 1.807) is 14.2 Å². The number of rotatable bonds is 6. The van der Waals surface area contributed by atoms with Gasteiger partial charge in [0, 0.05) is 39.9 Å². The SMILES string of the molecule is CNC(=O)c1ccc(CN(C)C(=S)NCCOC)cc1. The molecule has 5 nitrogen and oxygen atoms in total. The highest BCUT2D eigenvalue weighted by Crippen LogP contribution is 2.07. The number of amides is 1. The molecule has 0 aliphatic carbocycles. The van der Waals surface area contributed by atoms with Crippen molar-refractivity contribution in [3.8, 4) is 0 Å². The van der Waals surface area contributed by atoms with Gasteiger partial charge in [-0.15, -0.1) is 0 Å². The number of ether oxygens (including phenoxy) is 1. The molecule has 0 spiro atoms. The lowest BCUT2D eigenvalue weighted by Crippen LogP contribution is -2.38. The molecule has 0 atom stereocenters. The molecule has 110 valence electrons. The molecule has 0 radical (unpaired) electrons. The maximum atomic E-state index is 11.4. The largest absolute Gasteiger partial charge is 0.383 e. The van der Waals surface area contributed by atoms with Gasteiger partial charge in [0.25, 0.3) is 5.91 Å². The third-order valence-electron chi connectivity index (χ3n) is 2.79. The normalized spacial score (nSPS) is 9.95. The van der Waals surface area contributed by atoms with Crippen molar-refractivity contribution in [2.75, 3.05) is 34.4 Å². The first-order chi connectivity index (χ1) is 9.58. The molecule has 0 heterocycles. The molecule has 0 aliphatic heterocycles. The fraction of sp³-hybridized carbons (Fsp3) is 0.429. The molecular weight excluding hydrogens is 274 g/mol. The Hall–Kier alpha value is -1.66. The zero-order valence-electron chi connectivity index (χ0n) is 12.1. The zero-order chi connectivity index (χ0) is 15.0. The molecule has 2 N–H and O–H groups in total.